The van der Waals surface area contributed by atoms with E-state index in [1.807, 2.05) is 19.9 Å². The summed E-state index contributed by atoms with van der Waals surface area (Å²) in [4.78, 5) is 20.0. The number of hydrogen-bond acceptors (Lipinski definition) is 6. The molecule has 0 aliphatic carbocycles. The van der Waals surface area contributed by atoms with Crippen molar-refractivity contribution in [1.82, 2.24) is 9.29 Å². The maximum Gasteiger partial charge on any atom is 0.267 e. The fourth-order valence-electron chi connectivity index (χ4n) is 3.79. The molecule has 0 unspecified atom stereocenters. The minimum atomic E-state index is -3.53. The number of carbonyl (C=O) groups is 1. The van der Waals surface area contributed by atoms with Crippen LogP contribution in [0.3, 0.4) is 0 Å². The molecular formula is C21H26N5O3S2+. The zero-order chi connectivity index (χ0) is 22.3. The summed E-state index contributed by atoms with van der Waals surface area (Å²) in [5.41, 5.74) is 9.01. The molecule has 31 heavy (non-hydrogen) atoms. The molecule has 0 saturated carbocycles. The lowest BCUT2D eigenvalue weighted by molar-refractivity contribution is -0.883. The van der Waals surface area contributed by atoms with Gasteiger partial charge in [0.05, 0.1) is 43.8 Å². The Morgan fingerprint density at radius 2 is 1.84 bits per heavy atom. The van der Waals surface area contributed by atoms with Gasteiger partial charge in [0, 0.05) is 16.8 Å². The van der Waals surface area contributed by atoms with Crippen LogP contribution in [0.5, 0.6) is 0 Å². The molecule has 3 aromatic rings. The molecule has 3 heterocycles. The number of aryl methyl sites for hydroxylation is 2. The van der Waals surface area contributed by atoms with E-state index in [2.05, 4.69) is 17.3 Å². The number of rotatable bonds is 4. The molecule has 1 aromatic carbocycles. The number of benzene rings is 1. The summed E-state index contributed by atoms with van der Waals surface area (Å²) in [7, 11) is -1.48. The summed E-state index contributed by atoms with van der Waals surface area (Å²) in [6, 6.07) is 8.19. The highest BCUT2D eigenvalue weighted by Crippen LogP contribution is 2.35. The third kappa shape index (κ3) is 4.16. The number of anilines is 2. The summed E-state index contributed by atoms with van der Waals surface area (Å²) in [6.45, 7) is 6.44. The molecule has 1 fully saturated rings. The largest absolute Gasteiger partial charge is 0.397 e. The van der Waals surface area contributed by atoms with Crippen molar-refractivity contribution in [1.29, 1.82) is 0 Å². The highest BCUT2D eigenvalue weighted by atomic mass is 32.2. The quantitative estimate of drug-likeness (QED) is 0.543. The van der Waals surface area contributed by atoms with Crippen LogP contribution >= 0.6 is 11.3 Å². The number of sulfonamides is 1. The Balaban J connectivity index is 1.53. The van der Waals surface area contributed by atoms with Crippen LogP contribution in [-0.4, -0.2) is 56.8 Å². The molecule has 1 aliphatic rings. The van der Waals surface area contributed by atoms with E-state index in [0.29, 0.717) is 29.3 Å². The van der Waals surface area contributed by atoms with Gasteiger partial charge in [-0.2, -0.15) is 4.31 Å². The minimum absolute atomic E-state index is 0.224. The molecule has 0 atom stereocenters. The van der Waals surface area contributed by atoms with Crippen molar-refractivity contribution in [2.45, 2.75) is 18.7 Å². The number of likely N-dealkylation sites (N-methyl/N-ethyl adjacent to an activating group) is 1. The predicted molar refractivity (Wildman–Crippen MR) is 123 cm³/mol. The Bertz CT molecular complexity index is 1240. The zero-order valence-electron chi connectivity index (χ0n) is 17.7. The average molecular weight is 461 g/mol. The first-order valence-corrected chi connectivity index (χ1v) is 12.3. The topological polar surface area (TPSA) is 110 Å². The standard InChI is InChI=1S/C21H25N5O3S2/c1-13-12-14(2)23-21-17(13)18(22)19(30-21)20(27)24-15-4-6-16(7-5-15)31(28,29)26-10-8-25(3)9-11-26/h4-7,12H,8-11,22H2,1-3H3,(H,24,27)/p+1. The maximum atomic E-state index is 12.9. The molecule has 8 nitrogen and oxygen atoms in total. The van der Waals surface area contributed by atoms with E-state index in [-0.39, 0.29) is 10.8 Å². The number of carbonyl (C=O) groups excluding carboxylic acids is 1. The molecule has 1 amide bonds. The molecule has 0 bridgehead atoms. The van der Waals surface area contributed by atoms with Crippen LogP contribution in [0.2, 0.25) is 0 Å². The summed E-state index contributed by atoms with van der Waals surface area (Å²) in [5.74, 6) is -0.338. The Morgan fingerprint density at radius 3 is 2.48 bits per heavy atom. The third-order valence-corrected chi connectivity index (χ3v) is 8.57. The number of quaternary nitrogens is 1. The van der Waals surface area contributed by atoms with E-state index >= 15 is 0 Å². The van der Waals surface area contributed by atoms with Gasteiger partial charge in [-0.05, 0) is 49.7 Å². The average Bonchev–Trinajstić information content (AvgIpc) is 3.05. The summed E-state index contributed by atoms with van der Waals surface area (Å²) < 4.78 is 27.2. The first-order valence-electron chi connectivity index (χ1n) is 10.1. The van der Waals surface area contributed by atoms with Gasteiger partial charge in [-0.25, -0.2) is 13.4 Å². The lowest BCUT2D eigenvalue weighted by Crippen LogP contribution is -3.12. The molecule has 2 aromatic heterocycles. The third-order valence-electron chi connectivity index (χ3n) is 5.56. The van der Waals surface area contributed by atoms with Gasteiger partial charge in [-0.3, -0.25) is 4.79 Å². The van der Waals surface area contributed by atoms with Crippen molar-refractivity contribution in [3.63, 3.8) is 0 Å². The highest BCUT2D eigenvalue weighted by Gasteiger charge is 2.29. The van der Waals surface area contributed by atoms with E-state index < -0.39 is 10.0 Å². The summed E-state index contributed by atoms with van der Waals surface area (Å²) in [6.07, 6.45) is 0. The number of pyridine rings is 1. The molecule has 4 N–H and O–H groups in total. The highest BCUT2D eigenvalue weighted by molar-refractivity contribution is 7.89. The Morgan fingerprint density at radius 1 is 1.19 bits per heavy atom. The smallest absolute Gasteiger partial charge is 0.267 e. The fraction of sp³-hybridized carbons (Fsp3) is 0.333. The molecule has 4 rings (SSSR count). The Labute approximate surface area is 185 Å². The van der Waals surface area contributed by atoms with Crippen LogP contribution in [0.4, 0.5) is 11.4 Å². The zero-order valence-corrected chi connectivity index (χ0v) is 19.4. The number of fused-ring (bicyclic) bond motifs is 1. The number of piperazine rings is 1. The minimum Gasteiger partial charge on any atom is -0.397 e. The van der Waals surface area contributed by atoms with Crippen molar-refractivity contribution in [2.75, 3.05) is 44.3 Å². The molecule has 164 valence electrons. The number of amides is 1. The number of nitrogens with two attached hydrogens (primary N) is 1. The van der Waals surface area contributed by atoms with Gasteiger partial charge in [0.2, 0.25) is 10.0 Å². The second-order valence-electron chi connectivity index (χ2n) is 7.95. The van der Waals surface area contributed by atoms with Crippen LogP contribution in [-0.2, 0) is 10.0 Å². The monoisotopic (exact) mass is 460 g/mol. The normalized spacial score (nSPS) is 16.0. The van der Waals surface area contributed by atoms with Gasteiger partial charge in [0.15, 0.2) is 0 Å². The predicted octanol–water partition coefficient (Wildman–Crippen LogP) is 1.27. The lowest BCUT2D eigenvalue weighted by Gasteiger charge is -2.29. The number of nitrogen functional groups attached to an aromatic ring is 1. The van der Waals surface area contributed by atoms with Crippen LogP contribution in [0.1, 0.15) is 20.9 Å². The van der Waals surface area contributed by atoms with E-state index in [1.54, 1.807) is 12.1 Å². The second-order valence-corrected chi connectivity index (χ2v) is 10.9. The van der Waals surface area contributed by atoms with E-state index in [4.69, 9.17) is 5.73 Å². The first kappa shape index (κ1) is 21.7. The molecule has 1 saturated heterocycles. The van der Waals surface area contributed by atoms with Gasteiger partial charge >= 0.3 is 0 Å². The second kappa shape index (κ2) is 8.19. The lowest BCUT2D eigenvalue weighted by atomic mass is 10.1. The Hall–Kier alpha value is -2.53. The van der Waals surface area contributed by atoms with Crippen molar-refractivity contribution in [3.8, 4) is 0 Å². The van der Waals surface area contributed by atoms with Gasteiger partial charge in [-0.1, -0.05) is 0 Å². The van der Waals surface area contributed by atoms with Crippen LogP contribution < -0.4 is 16.0 Å². The van der Waals surface area contributed by atoms with Crippen molar-refractivity contribution >= 4 is 48.9 Å². The molecular weight excluding hydrogens is 434 g/mol. The van der Waals surface area contributed by atoms with Gasteiger partial charge in [0.1, 0.15) is 9.71 Å². The first-order chi connectivity index (χ1) is 14.7. The number of thiophene rings is 1. The van der Waals surface area contributed by atoms with Crippen molar-refractivity contribution in [2.24, 2.45) is 0 Å². The van der Waals surface area contributed by atoms with Crippen LogP contribution in [0.15, 0.2) is 35.2 Å². The maximum absolute atomic E-state index is 12.9. The summed E-state index contributed by atoms with van der Waals surface area (Å²) >= 11 is 1.25. The summed E-state index contributed by atoms with van der Waals surface area (Å²) in [5, 5.41) is 3.61. The number of nitrogens with one attached hydrogen (secondary N) is 2. The molecule has 10 heteroatoms. The van der Waals surface area contributed by atoms with Crippen LogP contribution in [0, 0.1) is 13.8 Å². The molecule has 1 aliphatic heterocycles. The van der Waals surface area contributed by atoms with Gasteiger partial charge < -0.3 is 16.0 Å². The number of hydrogen-bond donors (Lipinski definition) is 3. The van der Waals surface area contributed by atoms with E-state index in [9.17, 15) is 13.2 Å². The molecule has 0 radical (unpaired) electrons. The SMILES string of the molecule is Cc1cc(C)c2c(N)c(C(=O)Nc3ccc(S(=O)(=O)N4CC[NH+](C)CC4)cc3)sc2n1. The van der Waals surface area contributed by atoms with Crippen molar-refractivity contribution in [3.05, 3.63) is 46.5 Å². The number of nitrogens with zero attached hydrogens (tertiary/aromatic N) is 2. The Kier molecular flexibility index (Phi) is 5.73. The van der Waals surface area contributed by atoms with E-state index in [1.165, 1.54) is 32.7 Å². The number of aromatic nitrogens is 1. The van der Waals surface area contributed by atoms with Crippen molar-refractivity contribution < 1.29 is 18.1 Å². The van der Waals surface area contributed by atoms with E-state index in [0.717, 1.165) is 34.6 Å². The van der Waals surface area contributed by atoms with Gasteiger partial charge in [0.25, 0.3) is 5.91 Å². The van der Waals surface area contributed by atoms with Crippen LogP contribution in [0.25, 0.3) is 10.2 Å². The molecule has 0 spiro atoms. The fourth-order valence-corrected chi connectivity index (χ4v) is 6.35. The van der Waals surface area contributed by atoms with Gasteiger partial charge in [-0.15, -0.1) is 11.3 Å².